The van der Waals surface area contributed by atoms with Crippen LogP contribution in [0, 0.1) is 0 Å². The molecule has 1 aliphatic rings. The van der Waals surface area contributed by atoms with Crippen molar-refractivity contribution >= 4 is 29.1 Å². The second-order valence-electron chi connectivity index (χ2n) is 7.66. The molecule has 0 unspecified atom stereocenters. The first-order valence-corrected chi connectivity index (χ1v) is 12.0. The minimum absolute atomic E-state index is 0.0514. The van der Waals surface area contributed by atoms with E-state index in [1.165, 1.54) is 30.3 Å². The Morgan fingerprint density at radius 3 is 2.39 bits per heavy atom. The highest BCUT2D eigenvalue weighted by Crippen LogP contribution is 2.26. The third kappa shape index (κ3) is 6.31. The molecule has 1 aromatic heterocycles. The molecular weight excluding hydrogens is 470 g/mol. The van der Waals surface area contributed by atoms with E-state index in [0.717, 1.165) is 37.4 Å². The highest BCUT2D eigenvalue weighted by atomic mass is 35.5. The molecule has 0 saturated carbocycles. The third-order valence-corrected chi connectivity index (χ3v) is 6.51. The Kier molecular flexibility index (Phi) is 7.95. The van der Waals surface area contributed by atoms with E-state index in [4.69, 9.17) is 11.6 Å². The Balaban J connectivity index is 1.56. The number of aromatic nitrogens is 3. The maximum absolute atomic E-state index is 12.6. The van der Waals surface area contributed by atoms with Gasteiger partial charge in [0.2, 0.25) is 0 Å². The number of carbonyl (C=O) groups is 1. The van der Waals surface area contributed by atoms with Crippen molar-refractivity contribution in [2.75, 3.05) is 18.8 Å². The Hall–Kier alpha value is -2.49. The maximum atomic E-state index is 12.6. The first-order valence-electron chi connectivity index (χ1n) is 10.6. The molecule has 1 aliphatic heterocycles. The monoisotopic (exact) mass is 492 g/mol. The zero-order chi connectivity index (χ0) is 23.2. The van der Waals surface area contributed by atoms with Gasteiger partial charge in [-0.25, -0.2) is 0 Å². The maximum Gasteiger partial charge on any atom is 0.387 e. The predicted molar refractivity (Wildman–Crippen MR) is 124 cm³/mol. The molecule has 4 rings (SSSR count). The van der Waals surface area contributed by atoms with Crippen molar-refractivity contribution in [3.63, 3.8) is 0 Å². The molecule has 0 aliphatic carbocycles. The summed E-state index contributed by atoms with van der Waals surface area (Å²) in [5.74, 6) is 0.938. The molecule has 0 bridgehead atoms. The number of likely N-dealkylation sites (tertiary alicyclic amines) is 1. The number of Topliss-reactive ketones (excluding diaryl/α,β-unsaturated/α-hetero) is 1. The topological polar surface area (TPSA) is 60.2 Å². The summed E-state index contributed by atoms with van der Waals surface area (Å²) in [6, 6.07) is 13.1. The summed E-state index contributed by atoms with van der Waals surface area (Å²) < 4.78 is 31.4. The summed E-state index contributed by atoms with van der Waals surface area (Å²) in [5, 5.41) is 9.86. The lowest BCUT2D eigenvalue weighted by molar-refractivity contribution is -0.0498. The molecule has 0 atom stereocenters. The number of hydrogen-bond acceptors (Lipinski definition) is 6. The van der Waals surface area contributed by atoms with Crippen molar-refractivity contribution in [2.45, 2.75) is 37.6 Å². The summed E-state index contributed by atoms with van der Waals surface area (Å²) in [4.78, 5) is 15.0. The molecule has 33 heavy (non-hydrogen) atoms. The van der Waals surface area contributed by atoms with Crippen molar-refractivity contribution in [1.82, 2.24) is 19.7 Å². The average Bonchev–Trinajstić information content (AvgIpc) is 3.21. The fourth-order valence-corrected chi connectivity index (χ4v) is 4.69. The van der Waals surface area contributed by atoms with Gasteiger partial charge in [0.25, 0.3) is 0 Å². The Labute approximate surface area is 199 Å². The molecule has 174 valence electrons. The van der Waals surface area contributed by atoms with Crippen LogP contribution in [0.25, 0.3) is 5.69 Å². The van der Waals surface area contributed by atoms with Gasteiger partial charge in [0.1, 0.15) is 5.75 Å². The van der Waals surface area contributed by atoms with Gasteiger partial charge in [0, 0.05) is 16.3 Å². The van der Waals surface area contributed by atoms with Crippen molar-refractivity contribution in [3.8, 4) is 11.4 Å². The number of benzene rings is 2. The molecule has 1 saturated heterocycles. The number of carbonyl (C=O) groups excluding carboxylic acids is 1. The van der Waals surface area contributed by atoms with Crippen LogP contribution < -0.4 is 4.74 Å². The molecule has 10 heteroatoms. The Bertz CT molecular complexity index is 1070. The number of rotatable bonds is 9. The van der Waals surface area contributed by atoms with Crippen LogP contribution in [-0.2, 0) is 6.54 Å². The molecule has 0 spiro atoms. The molecule has 2 aromatic carbocycles. The summed E-state index contributed by atoms with van der Waals surface area (Å²) in [6.07, 6.45) is 3.51. The van der Waals surface area contributed by atoms with E-state index in [-0.39, 0.29) is 17.3 Å². The van der Waals surface area contributed by atoms with Crippen LogP contribution >= 0.6 is 23.4 Å². The number of thioether (sulfide) groups is 1. The quantitative estimate of drug-likeness (QED) is 0.291. The van der Waals surface area contributed by atoms with Gasteiger partial charge in [-0.05, 0) is 74.5 Å². The molecule has 2 heterocycles. The number of alkyl halides is 2. The lowest BCUT2D eigenvalue weighted by Crippen LogP contribution is -2.30. The summed E-state index contributed by atoms with van der Waals surface area (Å²) in [5.41, 5.74) is 1.29. The van der Waals surface area contributed by atoms with Crippen LogP contribution in [0.15, 0.2) is 53.7 Å². The normalized spacial score (nSPS) is 14.5. The SMILES string of the molecule is O=C(CSc1nnc(CN2CCCCC2)n1-c1ccc(OC(F)F)cc1)c1ccc(Cl)cc1. The summed E-state index contributed by atoms with van der Waals surface area (Å²) in [7, 11) is 0. The van der Waals surface area contributed by atoms with Crippen molar-refractivity contribution in [1.29, 1.82) is 0 Å². The van der Waals surface area contributed by atoms with Gasteiger partial charge < -0.3 is 4.74 Å². The first kappa shape index (κ1) is 23.7. The number of piperidine rings is 1. The van der Waals surface area contributed by atoms with Crippen LogP contribution in [0.5, 0.6) is 5.75 Å². The van der Waals surface area contributed by atoms with Gasteiger partial charge in [-0.2, -0.15) is 8.78 Å². The number of hydrogen-bond donors (Lipinski definition) is 0. The largest absolute Gasteiger partial charge is 0.435 e. The highest BCUT2D eigenvalue weighted by molar-refractivity contribution is 7.99. The van der Waals surface area contributed by atoms with E-state index in [9.17, 15) is 13.6 Å². The second-order valence-corrected chi connectivity index (χ2v) is 9.04. The second kappa shape index (κ2) is 11.1. The zero-order valence-electron chi connectivity index (χ0n) is 17.8. The summed E-state index contributed by atoms with van der Waals surface area (Å²) in [6.45, 7) is -0.282. The minimum atomic E-state index is -2.88. The van der Waals surface area contributed by atoms with Crippen LogP contribution in [0.4, 0.5) is 8.78 Å². The van der Waals surface area contributed by atoms with E-state index in [0.29, 0.717) is 22.3 Å². The fraction of sp³-hybridized carbons (Fsp3) is 0.348. The van der Waals surface area contributed by atoms with Crippen LogP contribution in [-0.4, -0.2) is 50.9 Å². The van der Waals surface area contributed by atoms with Crippen LogP contribution in [0.2, 0.25) is 5.02 Å². The lowest BCUT2D eigenvalue weighted by atomic mass is 10.1. The molecule has 0 radical (unpaired) electrons. The molecule has 0 N–H and O–H groups in total. The van der Waals surface area contributed by atoms with E-state index in [1.807, 2.05) is 4.57 Å². The number of ether oxygens (including phenoxy) is 1. The van der Waals surface area contributed by atoms with Crippen LogP contribution in [0.3, 0.4) is 0 Å². The molecule has 1 fully saturated rings. The average molecular weight is 493 g/mol. The zero-order valence-corrected chi connectivity index (χ0v) is 19.4. The first-order chi connectivity index (χ1) is 16.0. The van der Waals surface area contributed by atoms with Gasteiger partial charge in [-0.3, -0.25) is 14.3 Å². The van der Waals surface area contributed by atoms with Crippen LogP contribution in [0.1, 0.15) is 35.4 Å². The summed E-state index contributed by atoms with van der Waals surface area (Å²) >= 11 is 7.19. The van der Waals surface area contributed by atoms with Crippen molar-refractivity contribution in [2.24, 2.45) is 0 Å². The van der Waals surface area contributed by atoms with E-state index < -0.39 is 6.61 Å². The van der Waals surface area contributed by atoms with Gasteiger partial charge in [0.15, 0.2) is 16.8 Å². The minimum Gasteiger partial charge on any atom is -0.435 e. The van der Waals surface area contributed by atoms with Gasteiger partial charge in [-0.1, -0.05) is 29.8 Å². The fourth-order valence-electron chi connectivity index (χ4n) is 3.70. The van der Waals surface area contributed by atoms with E-state index in [1.54, 1.807) is 36.4 Å². The van der Waals surface area contributed by atoms with Crippen molar-refractivity contribution in [3.05, 3.63) is 64.9 Å². The smallest absolute Gasteiger partial charge is 0.387 e. The third-order valence-electron chi connectivity index (χ3n) is 5.33. The molecule has 3 aromatic rings. The standard InChI is InChI=1S/C23H23ClF2N4O2S/c24-17-6-4-16(5-7-17)20(31)15-33-23-28-27-21(14-29-12-2-1-3-13-29)30(23)18-8-10-19(11-9-18)32-22(25)26/h4-11,22H,1-3,12-15H2. The van der Waals surface area contributed by atoms with Crippen molar-refractivity contribution < 1.29 is 18.3 Å². The van der Waals surface area contributed by atoms with E-state index >= 15 is 0 Å². The number of halogens is 3. The molecular formula is C23H23ClF2N4O2S. The predicted octanol–water partition coefficient (Wildman–Crippen LogP) is 5.48. The lowest BCUT2D eigenvalue weighted by Gasteiger charge is -2.26. The molecule has 0 amide bonds. The van der Waals surface area contributed by atoms with Gasteiger partial charge >= 0.3 is 6.61 Å². The number of ketones is 1. The Morgan fingerprint density at radius 1 is 1.03 bits per heavy atom. The highest BCUT2D eigenvalue weighted by Gasteiger charge is 2.20. The van der Waals surface area contributed by atoms with Gasteiger partial charge in [0.05, 0.1) is 12.3 Å². The molecule has 6 nitrogen and oxygen atoms in total. The number of nitrogens with zero attached hydrogens (tertiary/aromatic N) is 4. The van der Waals surface area contributed by atoms with E-state index in [2.05, 4.69) is 19.8 Å². The van der Waals surface area contributed by atoms with Gasteiger partial charge in [-0.15, -0.1) is 10.2 Å². The Morgan fingerprint density at radius 2 is 1.73 bits per heavy atom.